The first-order valence-electron chi connectivity index (χ1n) is 8.54. The van der Waals surface area contributed by atoms with E-state index in [1.165, 1.54) is 5.56 Å². The maximum atomic E-state index is 9.85. The van der Waals surface area contributed by atoms with Crippen molar-refractivity contribution in [2.75, 3.05) is 12.4 Å². The van der Waals surface area contributed by atoms with Crippen LogP contribution in [0.2, 0.25) is 0 Å². The van der Waals surface area contributed by atoms with Crippen molar-refractivity contribution in [3.8, 4) is 11.8 Å². The van der Waals surface area contributed by atoms with Gasteiger partial charge in [0.2, 0.25) is 0 Å². The highest BCUT2D eigenvalue weighted by atomic mass is 16.5. The summed E-state index contributed by atoms with van der Waals surface area (Å²) < 4.78 is 5.32. The number of nitrogens with zero attached hydrogens (tertiary/aromatic N) is 1. The van der Waals surface area contributed by atoms with E-state index in [0.29, 0.717) is 6.04 Å². The molecule has 2 aromatic rings. The van der Waals surface area contributed by atoms with Crippen molar-refractivity contribution < 1.29 is 4.74 Å². The molecule has 1 N–H and O–H groups in total. The van der Waals surface area contributed by atoms with Gasteiger partial charge in [-0.3, -0.25) is 0 Å². The number of benzene rings is 2. The zero-order valence-corrected chi connectivity index (χ0v) is 14.4. The van der Waals surface area contributed by atoms with Crippen LogP contribution in [0.15, 0.2) is 48.5 Å². The predicted octanol–water partition coefficient (Wildman–Crippen LogP) is 4.82. The Morgan fingerprint density at radius 3 is 2.46 bits per heavy atom. The lowest BCUT2D eigenvalue weighted by atomic mass is 9.69. The van der Waals surface area contributed by atoms with Crippen LogP contribution in [0, 0.1) is 18.3 Å². The second-order valence-corrected chi connectivity index (χ2v) is 6.71. The average Bonchev–Trinajstić information content (AvgIpc) is 2.64. The monoisotopic (exact) mass is 320 g/mol. The minimum Gasteiger partial charge on any atom is -0.497 e. The van der Waals surface area contributed by atoms with E-state index < -0.39 is 0 Å². The van der Waals surface area contributed by atoms with Gasteiger partial charge in [-0.25, -0.2) is 0 Å². The van der Waals surface area contributed by atoms with E-state index >= 15 is 0 Å². The summed E-state index contributed by atoms with van der Waals surface area (Å²) in [5.74, 6) is 0.821. The Labute approximate surface area is 144 Å². The van der Waals surface area contributed by atoms with Gasteiger partial charge in [-0.05, 0) is 62.4 Å². The van der Waals surface area contributed by atoms with Crippen molar-refractivity contribution in [3.05, 3.63) is 59.7 Å². The van der Waals surface area contributed by atoms with Gasteiger partial charge in [0.15, 0.2) is 0 Å². The lowest BCUT2D eigenvalue weighted by molar-refractivity contribution is 0.342. The quantitative estimate of drug-likeness (QED) is 0.878. The maximum absolute atomic E-state index is 9.85. The van der Waals surface area contributed by atoms with Crippen molar-refractivity contribution in [1.29, 1.82) is 5.26 Å². The molecule has 0 aliphatic heterocycles. The van der Waals surface area contributed by atoms with Crippen molar-refractivity contribution >= 4 is 5.69 Å². The summed E-state index contributed by atoms with van der Waals surface area (Å²) in [4.78, 5) is 0. The number of hydrogen-bond acceptors (Lipinski definition) is 3. The number of hydrogen-bond donors (Lipinski definition) is 1. The number of aryl methyl sites for hydroxylation is 1. The zero-order chi connectivity index (χ0) is 17.0. The summed E-state index contributed by atoms with van der Waals surface area (Å²) in [7, 11) is 1.67. The molecule has 1 saturated carbocycles. The Kier molecular flexibility index (Phi) is 4.76. The number of rotatable bonds is 4. The Morgan fingerprint density at radius 1 is 1.12 bits per heavy atom. The van der Waals surface area contributed by atoms with Crippen LogP contribution in [-0.4, -0.2) is 13.2 Å². The second kappa shape index (κ2) is 6.97. The van der Waals surface area contributed by atoms with Crippen LogP contribution >= 0.6 is 0 Å². The van der Waals surface area contributed by atoms with Gasteiger partial charge in [0.25, 0.3) is 0 Å². The molecule has 3 rings (SSSR count). The van der Waals surface area contributed by atoms with E-state index in [2.05, 4.69) is 48.6 Å². The third-order valence-corrected chi connectivity index (χ3v) is 5.10. The molecule has 0 amide bonds. The molecule has 1 aliphatic rings. The van der Waals surface area contributed by atoms with Gasteiger partial charge < -0.3 is 10.1 Å². The molecule has 3 nitrogen and oxygen atoms in total. The summed E-state index contributed by atoms with van der Waals surface area (Å²) in [6.07, 6.45) is 3.75. The van der Waals surface area contributed by atoms with Crippen LogP contribution in [-0.2, 0) is 5.41 Å². The largest absolute Gasteiger partial charge is 0.497 e. The molecule has 0 radical (unpaired) electrons. The summed E-state index contributed by atoms with van der Waals surface area (Å²) in [5, 5.41) is 13.5. The number of methoxy groups -OCH3 is 1. The van der Waals surface area contributed by atoms with Crippen LogP contribution in [0.1, 0.15) is 36.8 Å². The molecular weight excluding hydrogens is 296 g/mol. The third-order valence-electron chi connectivity index (χ3n) is 5.10. The fraction of sp³-hybridized carbons (Fsp3) is 0.381. The van der Waals surface area contributed by atoms with Crippen LogP contribution in [0.3, 0.4) is 0 Å². The molecule has 0 saturated heterocycles. The Balaban J connectivity index is 1.69. The van der Waals surface area contributed by atoms with Gasteiger partial charge in [0.1, 0.15) is 5.75 Å². The number of nitrogens with one attached hydrogen (secondary N) is 1. The minimum absolute atomic E-state index is 0.389. The van der Waals surface area contributed by atoms with Crippen LogP contribution in [0.5, 0.6) is 5.75 Å². The fourth-order valence-corrected chi connectivity index (χ4v) is 3.53. The van der Waals surface area contributed by atoms with Crippen LogP contribution in [0.4, 0.5) is 5.69 Å². The molecule has 0 heterocycles. The van der Waals surface area contributed by atoms with Gasteiger partial charge in [-0.1, -0.05) is 29.8 Å². The minimum atomic E-state index is -0.389. The summed E-state index contributed by atoms with van der Waals surface area (Å²) in [6, 6.07) is 19.5. The maximum Gasteiger partial charge on any atom is 0.119 e. The van der Waals surface area contributed by atoms with E-state index in [1.807, 2.05) is 18.2 Å². The standard InChI is InChI=1S/C21H24N2O/c1-16-6-8-18(9-7-16)23-19-10-12-21(15-22,13-11-19)17-4-3-5-20(14-17)24-2/h3-9,14,19,23H,10-13H2,1-2H3/t19-,21-. The molecular formula is C21H24N2O. The molecule has 3 heteroatoms. The van der Waals surface area contributed by atoms with Crippen LogP contribution < -0.4 is 10.1 Å². The molecule has 1 aliphatic carbocycles. The lowest BCUT2D eigenvalue weighted by Gasteiger charge is -2.36. The first kappa shape index (κ1) is 16.4. The molecule has 0 atom stereocenters. The van der Waals surface area contributed by atoms with E-state index in [-0.39, 0.29) is 5.41 Å². The third kappa shape index (κ3) is 3.38. The Hall–Kier alpha value is -2.47. The smallest absolute Gasteiger partial charge is 0.119 e. The second-order valence-electron chi connectivity index (χ2n) is 6.71. The van der Waals surface area contributed by atoms with Gasteiger partial charge in [-0.15, -0.1) is 0 Å². The highest BCUT2D eigenvalue weighted by Gasteiger charge is 2.37. The van der Waals surface area contributed by atoms with Crippen molar-refractivity contribution in [2.24, 2.45) is 0 Å². The Morgan fingerprint density at radius 2 is 1.83 bits per heavy atom. The van der Waals surface area contributed by atoms with Gasteiger partial charge in [0.05, 0.1) is 18.6 Å². The predicted molar refractivity (Wildman–Crippen MR) is 97.3 cm³/mol. The van der Waals surface area contributed by atoms with Crippen molar-refractivity contribution in [1.82, 2.24) is 0 Å². The van der Waals surface area contributed by atoms with Gasteiger partial charge in [-0.2, -0.15) is 5.26 Å². The first-order valence-corrected chi connectivity index (χ1v) is 8.54. The molecule has 124 valence electrons. The van der Waals surface area contributed by atoms with E-state index in [0.717, 1.165) is 42.7 Å². The highest BCUT2D eigenvalue weighted by molar-refractivity contribution is 5.46. The summed E-state index contributed by atoms with van der Waals surface area (Å²) >= 11 is 0. The molecule has 2 aromatic carbocycles. The Bertz CT molecular complexity index is 722. The van der Waals surface area contributed by atoms with Gasteiger partial charge >= 0.3 is 0 Å². The highest BCUT2D eigenvalue weighted by Crippen LogP contribution is 2.40. The normalized spacial score (nSPS) is 23.3. The summed E-state index contributed by atoms with van der Waals surface area (Å²) in [6.45, 7) is 2.10. The number of nitriles is 1. The number of anilines is 1. The molecule has 24 heavy (non-hydrogen) atoms. The van der Waals surface area contributed by atoms with Crippen molar-refractivity contribution in [3.63, 3.8) is 0 Å². The molecule has 0 unspecified atom stereocenters. The zero-order valence-electron chi connectivity index (χ0n) is 14.4. The van der Waals surface area contributed by atoms with Crippen LogP contribution in [0.25, 0.3) is 0 Å². The van der Waals surface area contributed by atoms with E-state index in [4.69, 9.17) is 4.74 Å². The molecule has 1 fully saturated rings. The van der Waals surface area contributed by atoms with E-state index in [9.17, 15) is 5.26 Å². The van der Waals surface area contributed by atoms with Gasteiger partial charge in [0, 0.05) is 11.7 Å². The van der Waals surface area contributed by atoms with Crippen molar-refractivity contribution in [2.45, 2.75) is 44.1 Å². The average molecular weight is 320 g/mol. The fourth-order valence-electron chi connectivity index (χ4n) is 3.53. The molecule has 0 bridgehead atoms. The summed E-state index contributed by atoms with van der Waals surface area (Å²) in [5.41, 5.74) is 3.13. The molecule has 0 aromatic heterocycles. The molecule has 0 spiro atoms. The van der Waals surface area contributed by atoms with E-state index in [1.54, 1.807) is 7.11 Å². The lowest BCUT2D eigenvalue weighted by Crippen LogP contribution is -2.35. The SMILES string of the molecule is COc1cccc([C@]2(C#N)CC[C@@H](Nc3ccc(C)cc3)CC2)c1. The first-order chi connectivity index (χ1) is 11.6. The number of ether oxygens (including phenoxy) is 1. The topological polar surface area (TPSA) is 45.0 Å².